The van der Waals surface area contributed by atoms with Crippen molar-refractivity contribution < 1.29 is 5.11 Å². The molecule has 5 nitrogen and oxygen atoms in total. The minimum atomic E-state index is 0.272. The smallest absolute Gasteiger partial charge is 0.225 e. The summed E-state index contributed by atoms with van der Waals surface area (Å²) < 4.78 is 0. The first kappa shape index (κ1) is 12.6. The van der Waals surface area contributed by atoms with E-state index >= 15 is 0 Å². The molecule has 1 aromatic heterocycles. The number of phenols is 1. The van der Waals surface area contributed by atoms with Crippen LogP contribution in [0.5, 0.6) is 5.75 Å². The summed E-state index contributed by atoms with van der Waals surface area (Å²) in [5.41, 5.74) is 1.99. The van der Waals surface area contributed by atoms with Gasteiger partial charge in [0.05, 0.1) is 0 Å². The molecule has 2 aliphatic rings. The highest BCUT2D eigenvalue weighted by Crippen LogP contribution is 2.30. The highest BCUT2D eigenvalue weighted by Gasteiger charge is 2.37. The first-order valence-electron chi connectivity index (χ1n) is 7.42. The van der Waals surface area contributed by atoms with E-state index in [1.165, 1.54) is 12.8 Å². The van der Waals surface area contributed by atoms with Crippen molar-refractivity contribution in [3.05, 3.63) is 36.7 Å². The molecule has 2 unspecified atom stereocenters. The second-order valence-electron chi connectivity index (χ2n) is 5.77. The number of nitrogens with one attached hydrogen (secondary N) is 1. The molecule has 2 aliphatic heterocycles. The molecule has 2 fully saturated rings. The van der Waals surface area contributed by atoms with E-state index in [1.807, 2.05) is 24.5 Å². The number of nitrogens with zero attached hydrogens (tertiary/aromatic N) is 3. The van der Waals surface area contributed by atoms with E-state index in [2.05, 4.69) is 20.2 Å². The lowest BCUT2D eigenvalue weighted by atomic mass is 10.1. The number of phenolic OH excluding ortho intramolecular Hbond substituents is 1. The predicted molar refractivity (Wildman–Crippen MR) is 81.3 cm³/mol. The topological polar surface area (TPSA) is 61.3 Å². The molecule has 21 heavy (non-hydrogen) atoms. The normalized spacial score (nSPS) is 24.3. The molecule has 0 saturated carbocycles. The Hall–Kier alpha value is -2.14. The van der Waals surface area contributed by atoms with Gasteiger partial charge in [-0.2, -0.15) is 0 Å². The standard InChI is InChI=1S/C16H18N4O/c21-15-5-1-11(2-6-15)12-7-18-16(19-8-12)20-13-3-4-14(20)10-17-9-13/h1-2,5-8,13-14,17,21H,3-4,9-10H2. The summed E-state index contributed by atoms with van der Waals surface area (Å²) in [7, 11) is 0. The maximum atomic E-state index is 9.34. The van der Waals surface area contributed by atoms with Gasteiger partial charge in [0.15, 0.2) is 0 Å². The van der Waals surface area contributed by atoms with Crippen LogP contribution in [0, 0.1) is 0 Å². The molecular formula is C16H18N4O. The van der Waals surface area contributed by atoms with E-state index in [0.29, 0.717) is 12.1 Å². The lowest BCUT2D eigenvalue weighted by Crippen LogP contribution is -2.52. The Balaban J connectivity index is 1.60. The summed E-state index contributed by atoms with van der Waals surface area (Å²) >= 11 is 0. The fraction of sp³-hybridized carbons (Fsp3) is 0.375. The van der Waals surface area contributed by atoms with E-state index < -0.39 is 0 Å². The number of fused-ring (bicyclic) bond motifs is 2. The summed E-state index contributed by atoms with van der Waals surface area (Å²) in [6, 6.07) is 8.18. The van der Waals surface area contributed by atoms with E-state index in [-0.39, 0.29) is 5.75 Å². The number of anilines is 1. The van der Waals surface area contributed by atoms with Gasteiger partial charge in [-0.15, -0.1) is 0 Å². The molecule has 2 aromatic rings. The largest absolute Gasteiger partial charge is 0.508 e. The number of hydrogen-bond donors (Lipinski definition) is 2. The molecule has 0 amide bonds. The van der Waals surface area contributed by atoms with E-state index in [4.69, 9.17) is 0 Å². The third kappa shape index (κ3) is 2.23. The van der Waals surface area contributed by atoms with Crippen LogP contribution in [0.4, 0.5) is 5.95 Å². The highest BCUT2D eigenvalue weighted by molar-refractivity contribution is 5.63. The average molecular weight is 282 g/mol. The molecule has 0 radical (unpaired) electrons. The molecule has 4 rings (SSSR count). The average Bonchev–Trinajstić information content (AvgIpc) is 2.77. The Kier molecular flexibility index (Phi) is 3.00. The van der Waals surface area contributed by atoms with Crippen molar-refractivity contribution in [3.63, 3.8) is 0 Å². The van der Waals surface area contributed by atoms with Gasteiger partial charge in [-0.1, -0.05) is 12.1 Å². The van der Waals surface area contributed by atoms with Gasteiger partial charge >= 0.3 is 0 Å². The molecule has 5 heteroatoms. The van der Waals surface area contributed by atoms with Gasteiger partial charge in [0, 0.05) is 43.1 Å². The Morgan fingerprint density at radius 1 is 0.952 bits per heavy atom. The number of aromatic nitrogens is 2. The minimum absolute atomic E-state index is 0.272. The molecule has 108 valence electrons. The van der Waals surface area contributed by atoms with Gasteiger partial charge in [-0.25, -0.2) is 9.97 Å². The lowest BCUT2D eigenvalue weighted by Gasteiger charge is -2.35. The molecule has 3 heterocycles. The van der Waals surface area contributed by atoms with E-state index in [9.17, 15) is 5.11 Å². The first-order chi connectivity index (χ1) is 10.3. The minimum Gasteiger partial charge on any atom is -0.508 e. The number of rotatable bonds is 2. The van der Waals surface area contributed by atoms with Crippen LogP contribution in [0.15, 0.2) is 36.7 Å². The zero-order valence-electron chi connectivity index (χ0n) is 11.7. The Morgan fingerprint density at radius 2 is 1.57 bits per heavy atom. The third-order valence-electron chi connectivity index (χ3n) is 4.45. The predicted octanol–water partition coefficient (Wildman–Crippen LogP) is 1.79. The van der Waals surface area contributed by atoms with Crippen LogP contribution in [-0.2, 0) is 0 Å². The first-order valence-corrected chi connectivity index (χ1v) is 7.42. The fourth-order valence-corrected chi connectivity index (χ4v) is 3.36. The second-order valence-corrected chi connectivity index (χ2v) is 5.77. The van der Waals surface area contributed by atoms with Crippen molar-refractivity contribution in [1.29, 1.82) is 0 Å². The van der Waals surface area contributed by atoms with Crippen molar-refractivity contribution in [3.8, 4) is 16.9 Å². The molecule has 2 saturated heterocycles. The number of piperazine rings is 1. The highest BCUT2D eigenvalue weighted by atomic mass is 16.3. The van der Waals surface area contributed by atoms with Crippen molar-refractivity contribution in [2.45, 2.75) is 24.9 Å². The fourth-order valence-electron chi connectivity index (χ4n) is 3.36. The summed E-state index contributed by atoms with van der Waals surface area (Å²) in [5, 5.41) is 12.8. The Bertz CT molecular complexity index is 610. The lowest BCUT2D eigenvalue weighted by molar-refractivity contribution is 0.475. The quantitative estimate of drug-likeness (QED) is 0.879. The SMILES string of the molecule is Oc1ccc(-c2cnc(N3C4CCC3CNC4)nc2)cc1. The van der Waals surface area contributed by atoms with E-state index in [0.717, 1.165) is 30.2 Å². The monoisotopic (exact) mass is 282 g/mol. The summed E-state index contributed by atoms with van der Waals surface area (Å²) in [6.07, 6.45) is 6.19. The molecule has 2 bridgehead atoms. The second kappa shape index (κ2) is 5.00. The van der Waals surface area contributed by atoms with Crippen LogP contribution in [0.2, 0.25) is 0 Å². The van der Waals surface area contributed by atoms with Crippen LogP contribution in [-0.4, -0.2) is 40.2 Å². The summed E-state index contributed by atoms with van der Waals surface area (Å²) in [5.74, 6) is 1.11. The molecule has 0 spiro atoms. The van der Waals surface area contributed by atoms with Gasteiger partial charge in [-0.3, -0.25) is 0 Å². The van der Waals surface area contributed by atoms with Gasteiger partial charge in [0.1, 0.15) is 5.75 Å². The zero-order valence-corrected chi connectivity index (χ0v) is 11.7. The molecular weight excluding hydrogens is 264 g/mol. The molecule has 2 atom stereocenters. The number of aromatic hydroxyl groups is 1. The van der Waals surface area contributed by atoms with Gasteiger partial charge < -0.3 is 15.3 Å². The molecule has 0 aliphatic carbocycles. The summed E-state index contributed by atoms with van der Waals surface area (Å²) in [6.45, 7) is 2.05. The van der Waals surface area contributed by atoms with Gasteiger partial charge in [-0.05, 0) is 30.5 Å². The van der Waals surface area contributed by atoms with Crippen LogP contribution >= 0.6 is 0 Å². The molecule has 1 aromatic carbocycles. The van der Waals surface area contributed by atoms with E-state index in [1.54, 1.807) is 12.1 Å². The third-order valence-corrected chi connectivity index (χ3v) is 4.45. The maximum Gasteiger partial charge on any atom is 0.225 e. The van der Waals surface area contributed by atoms with Crippen molar-refractivity contribution in [2.75, 3.05) is 18.0 Å². The van der Waals surface area contributed by atoms with Crippen LogP contribution < -0.4 is 10.2 Å². The number of hydrogen-bond acceptors (Lipinski definition) is 5. The van der Waals surface area contributed by atoms with Crippen LogP contribution in [0.25, 0.3) is 11.1 Å². The van der Waals surface area contributed by atoms with Crippen molar-refractivity contribution in [1.82, 2.24) is 15.3 Å². The maximum absolute atomic E-state index is 9.34. The van der Waals surface area contributed by atoms with Crippen LogP contribution in [0.1, 0.15) is 12.8 Å². The Morgan fingerprint density at radius 3 is 2.19 bits per heavy atom. The van der Waals surface area contributed by atoms with Crippen LogP contribution in [0.3, 0.4) is 0 Å². The van der Waals surface area contributed by atoms with Crippen molar-refractivity contribution >= 4 is 5.95 Å². The summed E-state index contributed by atoms with van der Waals surface area (Å²) in [4.78, 5) is 11.5. The van der Waals surface area contributed by atoms with Gasteiger partial charge in [0.25, 0.3) is 0 Å². The molecule has 2 N–H and O–H groups in total. The van der Waals surface area contributed by atoms with Crippen molar-refractivity contribution in [2.24, 2.45) is 0 Å². The zero-order chi connectivity index (χ0) is 14.2. The number of benzene rings is 1. The van der Waals surface area contributed by atoms with Gasteiger partial charge in [0.2, 0.25) is 5.95 Å². The Labute approximate surface area is 123 Å².